The van der Waals surface area contributed by atoms with Gasteiger partial charge in [-0.3, -0.25) is 4.79 Å². The highest BCUT2D eigenvalue weighted by Gasteiger charge is 2.02. The fourth-order valence-corrected chi connectivity index (χ4v) is 1.87. The number of pyridine rings is 1. The second-order valence-electron chi connectivity index (χ2n) is 4.16. The van der Waals surface area contributed by atoms with Crippen LogP contribution in [0, 0.1) is 0 Å². The van der Waals surface area contributed by atoms with Crippen molar-refractivity contribution in [1.82, 2.24) is 4.57 Å². The van der Waals surface area contributed by atoms with E-state index in [2.05, 4.69) is 0 Å². The molecular formula is C15H17NO3. The molecule has 2 rings (SSSR count). The van der Waals surface area contributed by atoms with Crippen molar-refractivity contribution in [2.24, 2.45) is 0 Å². The average Bonchev–Trinajstić information content (AvgIpc) is 2.43. The molecule has 0 radical (unpaired) electrons. The topological polar surface area (TPSA) is 51.5 Å². The molecule has 0 atom stereocenters. The zero-order valence-corrected chi connectivity index (χ0v) is 10.7. The number of hydrogen-bond acceptors (Lipinski definition) is 3. The molecule has 0 spiro atoms. The summed E-state index contributed by atoms with van der Waals surface area (Å²) in [5, 5.41) is 8.98. The van der Waals surface area contributed by atoms with Crippen LogP contribution < -0.4 is 10.3 Å². The molecule has 1 aromatic heterocycles. The molecule has 1 heterocycles. The summed E-state index contributed by atoms with van der Waals surface area (Å²) in [5.41, 5.74) is 0.945. The van der Waals surface area contributed by atoms with Gasteiger partial charge in [0.25, 0.3) is 5.56 Å². The quantitative estimate of drug-likeness (QED) is 0.854. The van der Waals surface area contributed by atoms with Crippen molar-refractivity contribution in [2.45, 2.75) is 13.0 Å². The molecule has 0 unspecified atom stereocenters. The lowest BCUT2D eigenvalue weighted by Crippen LogP contribution is -2.21. The van der Waals surface area contributed by atoms with Gasteiger partial charge in [0, 0.05) is 18.9 Å². The summed E-state index contributed by atoms with van der Waals surface area (Å²) in [4.78, 5) is 11.5. The molecule has 0 saturated heterocycles. The Morgan fingerprint density at radius 3 is 2.68 bits per heavy atom. The van der Waals surface area contributed by atoms with Gasteiger partial charge >= 0.3 is 0 Å². The Morgan fingerprint density at radius 2 is 1.89 bits per heavy atom. The van der Waals surface area contributed by atoms with Crippen LogP contribution in [-0.2, 0) is 13.0 Å². The fourth-order valence-electron chi connectivity index (χ4n) is 1.87. The summed E-state index contributed by atoms with van der Waals surface area (Å²) in [7, 11) is 0. The summed E-state index contributed by atoms with van der Waals surface area (Å²) >= 11 is 0. The van der Waals surface area contributed by atoms with E-state index in [1.807, 2.05) is 30.3 Å². The number of nitrogens with zero attached hydrogens (tertiary/aromatic N) is 1. The van der Waals surface area contributed by atoms with Crippen molar-refractivity contribution in [1.29, 1.82) is 0 Å². The molecular weight excluding hydrogens is 242 g/mol. The lowest BCUT2D eigenvalue weighted by atomic mass is 10.1. The van der Waals surface area contributed by atoms with Crippen LogP contribution in [0.1, 0.15) is 5.56 Å². The van der Waals surface area contributed by atoms with E-state index < -0.39 is 0 Å². The molecule has 0 amide bonds. The standard InChI is InChI=1S/C15H17NO3/c17-11-8-13-5-1-2-6-14(13)19-12-10-16-9-4-3-7-15(16)18/h1-7,9,17H,8,10-12H2. The van der Waals surface area contributed by atoms with Gasteiger partial charge in [0.2, 0.25) is 0 Å². The smallest absolute Gasteiger partial charge is 0.250 e. The van der Waals surface area contributed by atoms with Crippen LogP contribution in [-0.4, -0.2) is 22.9 Å². The minimum absolute atomic E-state index is 0.0326. The van der Waals surface area contributed by atoms with Crippen molar-refractivity contribution in [3.05, 3.63) is 64.6 Å². The van der Waals surface area contributed by atoms with E-state index in [4.69, 9.17) is 9.84 Å². The van der Waals surface area contributed by atoms with Gasteiger partial charge in [-0.25, -0.2) is 0 Å². The predicted octanol–water partition coefficient (Wildman–Crippen LogP) is 1.46. The molecule has 4 nitrogen and oxygen atoms in total. The third-order valence-electron chi connectivity index (χ3n) is 2.84. The third kappa shape index (κ3) is 3.69. The van der Waals surface area contributed by atoms with Crippen LogP contribution in [0.15, 0.2) is 53.5 Å². The first-order chi connectivity index (χ1) is 9.31. The first-order valence-corrected chi connectivity index (χ1v) is 6.28. The summed E-state index contributed by atoms with van der Waals surface area (Å²) in [5.74, 6) is 0.764. The number of rotatable bonds is 6. The first kappa shape index (κ1) is 13.4. The van der Waals surface area contributed by atoms with Gasteiger partial charge in [-0.05, 0) is 24.1 Å². The molecule has 19 heavy (non-hydrogen) atoms. The maximum atomic E-state index is 11.5. The SMILES string of the molecule is O=c1ccccn1CCOc1ccccc1CCO. The monoisotopic (exact) mass is 259 g/mol. The van der Waals surface area contributed by atoms with E-state index in [-0.39, 0.29) is 12.2 Å². The number of aromatic nitrogens is 1. The second kappa shape index (κ2) is 6.75. The molecule has 1 aromatic carbocycles. The summed E-state index contributed by atoms with van der Waals surface area (Å²) in [6, 6.07) is 12.7. The van der Waals surface area contributed by atoms with Gasteiger partial charge in [-0.2, -0.15) is 0 Å². The third-order valence-corrected chi connectivity index (χ3v) is 2.84. The predicted molar refractivity (Wildman–Crippen MR) is 73.4 cm³/mol. The maximum Gasteiger partial charge on any atom is 0.250 e. The van der Waals surface area contributed by atoms with Crippen LogP contribution in [0.3, 0.4) is 0 Å². The Kier molecular flexibility index (Phi) is 4.75. The molecule has 0 aliphatic rings. The van der Waals surface area contributed by atoms with E-state index in [1.165, 1.54) is 6.07 Å². The van der Waals surface area contributed by atoms with Crippen LogP contribution >= 0.6 is 0 Å². The van der Waals surface area contributed by atoms with Crippen molar-refractivity contribution < 1.29 is 9.84 Å². The summed E-state index contributed by atoms with van der Waals surface area (Å²) in [6.45, 7) is 1.03. The van der Waals surface area contributed by atoms with Gasteiger partial charge in [-0.1, -0.05) is 24.3 Å². The van der Waals surface area contributed by atoms with Crippen LogP contribution in [0.25, 0.3) is 0 Å². The number of ether oxygens (including phenoxy) is 1. The van der Waals surface area contributed by atoms with Crippen molar-refractivity contribution >= 4 is 0 Å². The van der Waals surface area contributed by atoms with E-state index in [1.54, 1.807) is 16.8 Å². The zero-order chi connectivity index (χ0) is 13.5. The van der Waals surface area contributed by atoms with Gasteiger partial charge in [-0.15, -0.1) is 0 Å². The van der Waals surface area contributed by atoms with E-state index >= 15 is 0 Å². The van der Waals surface area contributed by atoms with Gasteiger partial charge in [0.15, 0.2) is 0 Å². The molecule has 0 bridgehead atoms. The highest BCUT2D eigenvalue weighted by atomic mass is 16.5. The van der Waals surface area contributed by atoms with Crippen molar-refractivity contribution in [2.75, 3.05) is 13.2 Å². The number of para-hydroxylation sites is 1. The fraction of sp³-hybridized carbons (Fsp3) is 0.267. The van der Waals surface area contributed by atoms with E-state index in [0.29, 0.717) is 19.6 Å². The zero-order valence-electron chi connectivity index (χ0n) is 10.7. The van der Waals surface area contributed by atoms with E-state index in [9.17, 15) is 4.79 Å². The Morgan fingerprint density at radius 1 is 1.11 bits per heavy atom. The Hall–Kier alpha value is -2.07. The number of hydrogen-bond donors (Lipinski definition) is 1. The molecule has 2 aromatic rings. The van der Waals surface area contributed by atoms with Gasteiger partial charge < -0.3 is 14.4 Å². The lowest BCUT2D eigenvalue weighted by Gasteiger charge is -2.11. The summed E-state index contributed by atoms with van der Waals surface area (Å²) in [6.07, 6.45) is 2.31. The van der Waals surface area contributed by atoms with Crippen LogP contribution in [0.2, 0.25) is 0 Å². The highest BCUT2D eigenvalue weighted by Crippen LogP contribution is 2.18. The second-order valence-corrected chi connectivity index (χ2v) is 4.16. The molecule has 0 fully saturated rings. The highest BCUT2D eigenvalue weighted by molar-refractivity contribution is 5.33. The Bertz CT molecular complexity index is 577. The maximum absolute atomic E-state index is 11.5. The normalized spacial score (nSPS) is 10.4. The van der Waals surface area contributed by atoms with Gasteiger partial charge in [0.05, 0.1) is 6.54 Å². The number of aliphatic hydroxyl groups is 1. The van der Waals surface area contributed by atoms with Crippen molar-refractivity contribution in [3.63, 3.8) is 0 Å². The number of benzene rings is 1. The largest absolute Gasteiger partial charge is 0.491 e. The molecule has 0 aliphatic carbocycles. The lowest BCUT2D eigenvalue weighted by molar-refractivity contribution is 0.280. The Labute approximate surface area is 111 Å². The van der Waals surface area contributed by atoms with E-state index in [0.717, 1.165) is 11.3 Å². The minimum Gasteiger partial charge on any atom is -0.491 e. The first-order valence-electron chi connectivity index (χ1n) is 6.28. The molecule has 0 saturated carbocycles. The average molecular weight is 259 g/mol. The molecule has 1 N–H and O–H groups in total. The van der Waals surface area contributed by atoms with Crippen molar-refractivity contribution in [3.8, 4) is 5.75 Å². The molecule has 100 valence electrons. The van der Waals surface area contributed by atoms with Gasteiger partial charge in [0.1, 0.15) is 12.4 Å². The van der Waals surface area contributed by atoms with Crippen LogP contribution in [0.5, 0.6) is 5.75 Å². The summed E-state index contributed by atoms with van der Waals surface area (Å²) < 4.78 is 7.28. The molecule has 0 aliphatic heterocycles. The minimum atomic E-state index is -0.0326. The number of aliphatic hydroxyl groups excluding tert-OH is 1. The Balaban J connectivity index is 1.96. The van der Waals surface area contributed by atoms with Crippen LogP contribution in [0.4, 0.5) is 0 Å². The molecule has 4 heteroatoms.